The van der Waals surface area contributed by atoms with Gasteiger partial charge >= 0.3 is 5.97 Å². The van der Waals surface area contributed by atoms with Crippen LogP contribution in [0.1, 0.15) is 48.5 Å². The fourth-order valence-corrected chi connectivity index (χ4v) is 4.81. The van der Waals surface area contributed by atoms with Crippen molar-refractivity contribution in [2.24, 2.45) is 4.99 Å². The van der Waals surface area contributed by atoms with Gasteiger partial charge in [0.1, 0.15) is 11.3 Å². The maximum Gasteiger partial charge on any atom is 0.341 e. The van der Waals surface area contributed by atoms with E-state index in [1.165, 1.54) is 14.2 Å². The van der Waals surface area contributed by atoms with Crippen LogP contribution >= 0.6 is 0 Å². The van der Waals surface area contributed by atoms with Crippen molar-refractivity contribution in [1.82, 2.24) is 10.6 Å². The SMILES string of the molecule is CCS(=O)C1CCCC(NC(=NC)NCc2ccc(OC)c(C(=O)OC)c2)C1. The molecule has 0 aromatic heterocycles. The van der Waals surface area contributed by atoms with Gasteiger partial charge in [0.25, 0.3) is 0 Å². The maximum absolute atomic E-state index is 12.1. The summed E-state index contributed by atoms with van der Waals surface area (Å²) in [5.74, 6) is 1.46. The van der Waals surface area contributed by atoms with E-state index >= 15 is 0 Å². The van der Waals surface area contributed by atoms with Gasteiger partial charge in [-0.25, -0.2) is 4.79 Å². The molecule has 1 saturated carbocycles. The Morgan fingerprint density at radius 3 is 2.75 bits per heavy atom. The minimum atomic E-state index is -0.752. The van der Waals surface area contributed by atoms with E-state index in [1.807, 2.05) is 13.0 Å². The van der Waals surface area contributed by atoms with Crippen LogP contribution in [0.5, 0.6) is 5.75 Å². The Morgan fingerprint density at radius 2 is 2.11 bits per heavy atom. The van der Waals surface area contributed by atoms with Gasteiger partial charge in [-0.15, -0.1) is 0 Å². The lowest BCUT2D eigenvalue weighted by Gasteiger charge is -2.30. The molecule has 1 aliphatic carbocycles. The molecule has 1 aromatic carbocycles. The van der Waals surface area contributed by atoms with E-state index in [-0.39, 0.29) is 11.3 Å². The number of methoxy groups -OCH3 is 2. The first kappa shape index (κ1) is 22.2. The molecule has 2 rings (SSSR count). The first-order chi connectivity index (χ1) is 13.5. The first-order valence-corrected chi connectivity index (χ1v) is 11.0. The summed E-state index contributed by atoms with van der Waals surface area (Å²) in [4.78, 5) is 16.2. The van der Waals surface area contributed by atoms with Gasteiger partial charge in [0.05, 0.1) is 14.2 Å². The van der Waals surface area contributed by atoms with Gasteiger partial charge in [-0.1, -0.05) is 19.4 Å². The van der Waals surface area contributed by atoms with Gasteiger partial charge in [0.2, 0.25) is 0 Å². The lowest BCUT2D eigenvalue weighted by Crippen LogP contribution is -2.46. The quantitative estimate of drug-likeness (QED) is 0.408. The van der Waals surface area contributed by atoms with Gasteiger partial charge in [0.15, 0.2) is 5.96 Å². The number of nitrogens with zero attached hydrogens (tertiary/aromatic N) is 1. The molecule has 2 N–H and O–H groups in total. The Labute approximate surface area is 169 Å². The molecule has 1 fully saturated rings. The normalized spacial score (nSPS) is 20.9. The molecule has 3 unspecified atom stereocenters. The molecule has 0 radical (unpaired) electrons. The second-order valence-corrected chi connectivity index (χ2v) is 8.76. The van der Waals surface area contributed by atoms with Crippen LogP contribution in [-0.2, 0) is 22.1 Å². The van der Waals surface area contributed by atoms with Crippen molar-refractivity contribution in [3.8, 4) is 5.75 Å². The number of hydrogen-bond acceptors (Lipinski definition) is 5. The monoisotopic (exact) mass is 409 g/mol. The standard InChI is InChI=1S/C20H31N3O4S/c1-5-28(25)16-8-6-7-15(12-16)23-20(21-2)22-13-14-9-10-18(26-3)17(11-14)19(24)27-4/h9-11,15-16H,5-8,12-13H2,1-4H3,(H2,21,22,23). The lowest BCUT2D eigenvalue weighted by molar-refractivity contribution is 0.0597. The fourth-order valence-electron chi connectivity index (χ4n) is 3.46. The van der Waals surface area contributed by atoms with Crippen LogP contribution in [0, 0.1) is 0 Å². The largest absolute Gasteiger partial charge is 0.496 e. The van der Waals surface area contributed by atoms with Gasteiger partial charge in [-0.3, -0.25) is 9.20 Å². The van der Waals surface area contributed by atoms with E-state index in [0.717, 1.165) is 31.2 Å². The Morgan fingerprint density at radius 1 is 1.32 bits per heavy atom. The van der Waals surface area contributed by atoms with E-state index in [0.29, 0.717) is 29.6 Å². The van der Waals surface area contributed by atoms with Gasteiger partial charge in [-0.05, 0) is 37.0 Å². The van der Waals surface area contributed by atoms with Crippen molar-refractivity contribution in [2.45, 2.75) is 50.4 Å². The number of aliphatic imine (C=N–C) groups is 1. The number of benzene rings is 1. The molecule has 1 aromatic rings. The predicted octanol–water partition coefficient (Wildman–Crippen LogP) is 2.23. The summed E-state index contributed by atoms with van der Waals surface area (Å²) >= 11 is 0. The minimum Gasteiger partial charge on any atom is -0.496 e. The van der Waals surface area contributed by atoms with Crippen molar-refractivity contribution >= 4 is 22.7 Å². The van der Waals surface area contributed by atoms with E-state index in [2.05, 4.69) is 15.6 Å². The van der Waals surface area contributed by atoms with Gasteiger partial charge in [0, 0.05) is 41.4 Å². The van der Waals surface area contributed by atoms with Gasteiger partial charge < -0.3 is 20.1 Å². The van der Waals surface area contributed by atoms with Crippen LogP contribution in [0.15, 0.2) is 23.2 Å². The molecule has 28 heavy (non-hydrogen) atoms. The molecular formula is C20H31N3O4S. The summed E-state index contributed by atoms with van der Waals surface area (Å²) in [5, 5.41) is 6.99. The molecule has 156 valence electrons. The van der Waals surface area contributed by atoms with Crippen LogP contribution in [0.3, 0.4) is 0 Å². The Balaban J connectivity index is 1.97. The number of rotatable bonds is 7. The summed E-state index contributed by atoms with van der Waals surface area (Å²) < 4.78 is 22.2. The van der Waals surface area contributed by atoms with Gasteiger partial charge in [-0.2, -0.15) is 0 Å². The molecule has 0 amide bonds. The average molecular weight is 410 g/mol. The topological polar surface area (TPSA) is 89.0 Å². The third-order valence-corrected chi connectivity index (χ3v) is 6.72. The molecule has 7 nitrogen and oxygen atoms in total. The molecule has 0 saturated heterocycles. The van der Waals surface area contributed by atoms with Crippen LogP contribution in [-0.4, -0.2) is 54.4 Å². The molecule has 0 bridgehead atoms. The van der Waals surface area contributed by atoms with E-state index < -0.39 is 16.8 Å². The highest BCUT2D eigenvalue weighted by atomic mass is 32.2. The number of ether oxygens (including phenoxy) is 2. The van der Waals surface area contributed by atoms with Crippen LogP contribution in [0.4, 0.5) is 0 Å². The number of esters is 1. The Hall–Kier alpha value is -2.09. The predicted molar refractivity (Wildman–Crippen MR) is 112 cm³/mol. The van der Waals surface area contributed by atoms with Crippen molar-refractivity contribution in [3.05, 3.63) is 29.3 Å². The lowest BCUT2D eigenvalue weighted by atomic mass is 9.95. The third kappa shape index (κ3) is 5.95. The molecule has 8 heteroatoms. The Bertz CT molecular complexity index is 723. The molecule has 3 atom stereocenters. The zero-order valence-electron chi connectivity index (χ0n) is 17.1. The zero-order valence-corrected chi connectivity index (χ0v) is 17.9. The number of guanidine groups is 1. The summed E-state index contributed by atoms with van der Waals surface area (Å²) in [6.45, 7) is 2.48. The number of carbonyl (C=O) groups is 1. The molecule has 0 aliphatic heterocycles. The smallest absolute Gasteiger partial charge is 0.341 e. The highest BCUT2D eigenvalue weighted by molar-refractivity contribution is 7.85. The van der Waals surface area contributed by atoms with Crippen LogP contribution < -0.4 is 15.4 Å². The molecule has 0 heterocycles. The van der Waals surface area contributed by atoms with Crippen LogP contribution in [0.25, 0.3) is 0 Å². The maximum atomic E-state index is 12.1. The molecular weight excluding hydrogens is 378 g/mol. The molecule has 1 aliphatic rings. The van der Waals surface area contributed by atoms with Crippen LogP contribution in [0.2, 0.25) is 0 Å². The summed E-state index contributed by atoms with van der Waals surface area (Å²) in [5.41, 5.74) is 1.31. The Kier molecular flexibility index (Phi) is 8.76. The summed E-state index contributed by atoms with van der Waals surface area (Å²) in [6.07, 6.45) is 4.06. The number of carbonyl (C=O) groups excluding carboxylic acids is 1. The second-order valence-electron chi connectivity index (χ2n) is 6.75. The average Bonchev–Trinajstić information content (AvgIpc) is 2.75. The zero-order chi connectivity index (χ0) is 20.5. The summed E-state index contributed by atoms with van der Waals surface area (Å²) in [6, 6.07) is 5.67. The highest BCUT2D eigenvalue weighted by Crippen LogP contribution is 2.23. The first-order valence-electron chi connectivity index (χ1n) is 9.61. The van der Waals surface area contributed by atoms with Crippen molar-refractivity contribution in [3.63, 3.8) is 0 Å². The number of hydrogen-bond donors (Lipinski definition) is 2. The highest BCUT2D eigenvalue weighted by Gasteiger charge is 2.26. The molecule has 0 spiro atoms. The fraction of sp³-hybridized carbons (Fsp3) is 0.600. The van der Waals surface area contributed by atoms with Crippen molar-refractivity contribution < 1.29 is 18.5 Å². The van der Waals surface area contributed by atoms with E-state index in [4.69, 9.17) is 9.47 Å². The second kappa shape index (κ2) is 11.0. The van der Waals surface area contributed by atoms with E-state index in [9.17, 15) is 9.00 Å². The van der Waals surface area contributed by atoms with Crippen molar-refractivity contribution in [2.75, 3.05) is 27.0 Å². The van der Waals surface area contributed by atoms with Crippen molar-refractivity contribution in [1.29, 1.82) is 0 Å². The minimum absolute atomic E-state index is 0.263. The number of nitrogens with one attached hydrogen (secondary N) is 2. The van der Waals surface area contributed by atoms with E-state index in [1.54, 1.807) is 19.2 Å². The third-order valence-electron chi connectivity index (χ3n) is 4.98. The summed E-state index contributed by atoms with van der Waals surface area (Å²) in [7, 11) is 3.85.